The number of ketones is 1. The summed E-state index contributed by atoms with van der Waals surface area (Å²) in [6.45, 7) is 0.645. The van der Waals surface area contributed by atoms with Crippen LogP contribution in [0.2, 0.25) is 0 Å². The Morgan fingerprint density at radius 2 is 1.87 bits per heavy atom. The van der Waals surface area contributed by atoms with E-state index in [2.05, 4.69) is 69.9 Å². The van der Waals surface area contributed by atoms with E-state index in [4.69, 9.17) is 4.74 Å². The second-order valence-electron chi connectivity index (χ2n) is 7.37. The molecule has 1 aliphatic carbocycles. The average Bonchev–Trinajstić information content (AvgIpc) is 3.38. The number of alkyl halides is 1. The van der Waals surface area contributed by atoms with Crippen LogP contribution in [0, 0.1) is 0 Å². The molecule has 1 unspecified atom stereocenters. The minimum atomic E-state index is -0.339. The van der Waals surface area contributed by atoms with E-state index in [1.165, 1.54) is 16.0 Å². The summed E-state index contributed by atoms with van der Waals surface area (Å²) in [6.07, 6.45) is 11.0. The lowest BCUT2D eigenvalue weighted by atomic mass is 9.75. The first kappa shape index (κ1) is 21.5. The van der Waals surface area contributed by atoms with Gasteiger partial charge in [-0.3, -0.25) is 4.79 Å². The molecule has 0 aliphatic heterocycles. The number of rotatable bonds is 8. The molecule has 0 N–H and O–H groups in total. The Bertz CT molecular complexity index is 1100. The van der Waals surface area contributed by atoms with Crippen LogP contribution in [-0.2, 0) is 5.41 Å². The average molecular weight is 491 g/mol. The van der Waals surface area contributed by atoms with Crippen LogP contribution in [0.4, 0.5) is 0 Å². The second-order valence-corrected chi connectivity index (χ2v) is 9.11. The van der Waals surface area contributed by atoms with Crippen molar-refractivity contribution in [3.8, 4) is 5.75 Å². The summed E-state index contributed by atoms with van der Waals surface area (Å²) in [7, 11) is 0. The SMILES string of the molecule is O=C(C=CC1(c2cccs2)C=CC=C(c2ccc(OCCBr)cc2)C1)c1ccccc1. The van der Waals surface area contributed by atoms with E-state index in [0.29, 0.717) is 12.2 Å². The normalized spacial score (nSPS) is 18.2. The van der Waals surface area contributed by atoms with Gasteiger partial charge in [0.05, 0.1) is 6.61 Å². The van der Waals surface area contributed by atoms with E-state index < -0.39 is 0 Å². The van der Waals surface area contributed by atoms with Crippen LogP contribution in [-0.4, -0.2) is 17.7 Å². The van der Waals surface area contributed by atoms with Crippen molar-refractivity contribution >= 4 is 38.6 Å². The van der Waals surface area contributed by atoms with Gasteiger partial charge < -0.3 is 4.74 Å². The van der Waals surface area contributed by atoms with Crippen molar-refractivity contribution in [1.82, 2.24) is 0 Å². The molecule has 4 heteroatoms. The highest BCUT2D eigenvalue weighted by Gasteiger charge is 2.31. The first-order valence-electron chi connectivity index (χ1n) is 10.2. The summed E-state index contributed by atoms with van der Waals surface area (Å²) in [5.41, 5.74) is 2.77. The van der Waals surface area contributed by atoms with Gasteiger partial charge >= 0.3 is 0 Å². The lowest BCUT2D eigenvalue weighted by Gasteiger charge is -2.30. The van der Waals surface area contributed by atoms with E-state index in [1.54, 1.807) is 17.4 Å². The number of halogens is 1. The number of benzene rings is 2. The molecule has 0 saturated heterocycles. The molecule has 2 nitrogen and oxygen atoms in total. The minimum absolute atomic E-state index is 0.0225. The third kappa shape index (κ3) is 5.15. The molecule has 3 aromatic rings. The molecule has 0 radical (unpaired) electrons. The Labute approximate surface area is 195 Å². The van der Waals surface area contributed by atoms with Gasteiger partial charge in [-0.15, -0.1) is 11.3 Å². The van der Waals surface area contributed by atoms with Gasteiger partial charge in [-0.05, 0) is 47.2 Å². The maximum Gasteiger partial charge on any atom is 0.185 e. The highest BCUT2D eigenvalue weighted by atomic mass is 79.9. The summed E-state index contributed by atoms with van der Waals surface area (Å²) in [5.74, 6) is 0.891. The number of hydrogen-bond acceptors (Lipinski definition) is 3. The molecule has 4 rings (SSSR count). The van der Waals surface area contributed by atoms with Crippen molar-refractivity contribution in [3.63, 3.8) is 0 Å². The standard InChI is InChI=1S/C27H23BrO2S/c28-17-18-30-24-12-10-21(11-13-24)23-8-4-15-27(20-23,26-9-5-19-31-26)16-14-25(29)22-6-2-1-3-7-22/h1-16,19H,17-18,20H2. The molecule has 0 amide bonds. The molecule has 156 valence electrons. The Hall–Kier alpha value is -2.69. The van der Waals surface area contributed by atoms with Gasteiger partial charge in [0.2, 0.25) is 0 Å². The van der Waals surface area contributed by atoms with Crippen LogP contribution in [0.3, 0.4) is 0 Å². The number of ether oxygens (including phenoxy) is 1. The first-order chi connectivity index (χ1) is 15.2. The summed E-state index contributed by atoms with van der Waals surface area (Å²) >= 11 is 5.10. The van der Waals surface area contributed by atoms with Gasteiger partial charge in [-0.25, -0.2) is 0 Å². The number of allylic oxidation sites excluding steroid dienone is 6. The van der Waals surface area contributed by atoms with Crippen LogP contribution < -0.4 is 4.74 Å². The maximum atomic E-state index is 12.7. The van der Waals surface area contributed by atoms with E-state index in [0.717, 1.165) is 17.5 Å². The third-order valence-electron chi connectivity index (χ3n) is 5.32. The first-order valence-corrected chi connectivity index (χ1v) is 12.2. The zero-order valence-electron chi connectivity index (χ0n) is 17.0. The molecule has 2 aromatic carbocycles. The fourth-order valence-electron chi connectivity index (χ4n) is 3.72. The van der Waals surface area contributed by atoms with Crippen LogP contribution in [0.1, 0.15) is 27.2 Å². The lowest BCUT2D eigenvalue weighted by molar-refractivity contribution is 0.104. The lowest BCUT2D eigenvalue weighted by Crippen LogP contribution is -2.22. The number of hydrogen-bond donors (Lipinski definition) is 0. The molecule has 0 saturated carbocycles. The summed E-state index contributed by atoms with van der Waals surface area (Å²) in [5, 5.41) is 2.90. The summed E-state index contributed by atoms with van der Waals surface area (Å²) in [4.78, 5) is 14.0. The predicted octanol–water partition coefficient (Wildman–Crippen LogP) is 7.24. The maximum absolute atomic E-state index is 12.7. The smallest absolute Gasteiger partial charge is 0.185 e. The number of carbonyl (C=O) groups excluding carboxylic acids is 1. The minimum Gasteiger partial charge on any atom is -0.493 e. The van der Waals surface area contributed by atoms with Crippen molar-refractivity contribution in [2.45, 2.75) is 11.8 Å². The van der Waals surface area contributed by atoms with Gasteiger partial charge in [-0.2, -0.15) is 0 Å². The molecule has 0 spiro atoms. The third-order valence-corrected chi connectivity index (χ3v) is 6.70. The van der Waals surface area contributed by atoms with Gasteiger partial charge in [-0.1, -0.05) is 88.8 Å². The fraction of sp³-hybridized carbons (Fsp3) is 0.148. The number of thiophene rings is 1. The monoisotopic (exact) mass is 490 g/mol. The van der Waals surface area contributed by atoms with Crippen LogP contribution in [0.15, 0.2) is 102 Å². The van der Waals surface area contributed by atoms with Crippen LogP contribution >= 0.6 is 27.3 Å². The summed E-state index contributed by atoms with van der Waals surface area (Å²) < 4.78 is 5.68. The van der Waals surface area contributed by atoms with Gasteiger partial charge in [0.25, 0.3) is 0 Å². The Balaban J connectivity index is 1.60. The molecule has 1 aromatic heterocycles. The van der Waals surface area contributed by atoms with E-state index in [1.807, 2.05) is 42.5 Å². The molecule has 1 atom stereocenters. The Morgan fingerprint density at radius 3 is 2.58 bits per heavy atom. The van der Waals surface area contributed by atoms with Gasteiger partial charge in [0.15, 0.2) is 5.78 Å². The molecule has 1 heterocycles. The van der Waals surface area contributed by atoms with Crippen molar-refractivity contribution in [1.29, 1.82) is 0 Å². The van der Waals surface area contributed by atoms with Gasteiger partial charge in [0, 0.05) is 21.2 Å². The highest BCUT2D eigenvalue weighted by Crippen LogP contribution is 2.42. The fourth-order valence-corrected chi connectivity index (χ4v) is 4.77. The molecular weight excluding hydrogens is 468 g/mol. The molecule has 1 aliphatic rings. The highest BCUT2D eigenvalue weighted by molar-refractivity contribution is 9.09. The molecular formula is C27H23BrO2S. The Kier molecular flexibility index (Phi) is 7.00. The molecule has 31 heavy (non-hydrogen) atoms. The van der Waals surface area contributed by atoms with E-state index >= 15 is 0 Å². The van der Waals surface area contributed by atoms with Crippen molar-refractivity contribution in [2.24, 2.45) is 0 Å². The number of carbonyl (C=O) groups is 1. The largest absolute Gasteiger partial charge is 0.493 e. The van der Waals surface area contributed by atoms with Crippen molar-refractivity contribution < 1.29 is 9.53 Å². The molecule has 0 bridgehead atoms. The van der Waals surface area contributed by atoms with Gasteiger partial charge in [0.1, 0.15) is 5.75 Å². The summed E-state index contributed by atoms with van der Waals surface area (Å²) in [6, 6.07) is 21.9. The van der Waals surface area contributed by atoms with Crippen LogP contribution in [0.25, 0.3) is 5.57 Å². The Morgan fingerprint density at radius 1 is 1.06 bits per heavy atom. The zero-order valence-corrected chi connectivity index (χ0v) is 19.4. The topological polar surface area (TPSA) is 26.3 Å². The van der Waals surface area contributed by atoms with Crippen molar-refractivity contribution in [2.75, 3.05) is 11.9 Å². The van der Waals surface area contributed by atoms with E-state index in [9.17, 15) is 4.79 Å². The van der Waals surface area contributed by atoms with Crippen molar-refractivity contribution in [3.05, 3.63) is 118 Å². The second kappa shape index (κ2) is 10.1. The predicted molar refractivity (Wildman–Crippen MR) is 133 cm³/mol. The zero-order chi connectivity index (χ0) is 21.5. The van der Waals surface area contributed by atoms with Crippen LogP contribution in [0.5, 0.6) is 5.75 Å². The quantitative estimate of drug-likeness (QED) is 0.189. The molecule has 0 fully saturated rings. The van der Waals surface area contributed by atoms with E-state index in [-0.39, 0.29) is 11.2 Å².